The van der Waals surface area contributed by atoms with Crippen LogP contribution < -0.4 is 10.6 Å². The summed E-state index contributed by atoms with van der Waals surface area (Å²) in [6.07, 6.45) is -0.349. The zero-order valence-electron chi connectivity index (χ0n) is 16.3. The lowest BCUT2D eigenvalue weighted by atomic mass is 10.0. The van der Waals surface area contributed by atoms with Gasteiger partial charge >= 0.3 is 16.3 Å². The highest BCUT2D eigenvalue weighted by Gasteiger charge is 2.26. The molecule has 1 amide bonds. The minimum Gasteiger partial charge on any atom is -0.444 e. The number of rotatable bonds is 4. The largest absolute Gasteiger partial charge is 0.444 e. The number of amides is 1. The van der Waals surface area contributed by atoms with Crippen molar-refractivity contribution in [3.05, 3.63) is 28.8 Å². The average Bonchev–Trinajstić information content (AvgIpc) is 2.54. The molecule has 27 heavy (non-hydrogen) atoms. The molecule has 9 heteroatoms. The third-order valence-electron chi connectivity index (χ3n) is 4.45. The summed E-state index contributed by atoms with van der Waals surface area (Å²) in [6.45, 7) is 9.54. The molecule has 7 nitrogen and oxygen atoms in total. The molecule has 1 aliphatic rings. The van der Waals surface area contributed by atoms with Gasteiger partial charge < -0.3 is 20.3 Å². The average molecular weight is 402 g/mol. The number of benzene rings is 1. The number of hydrogen-bond acceptors (Lipinski definition) is 6. The van der Waals surface area contributed by atoms with Gasteiger partial charge in [0.1, 0.15) is 11.4 Å². The fraction of sp³-hybridized carbons (Fsp3) is 0.611. The van der Waals surface area contributed by atoms with E-state index in [1.54, 1.807) is 17.9 Å². The Morgan fingerprint density at radius 2 is 1.74 bits per heavy atom. The van der Waals surface area contributed by atoms with Crippen LogP contribution in [0, 0.1) is 6.92 Å². The van der Waals surface area contributed by atoms with Crippen LogP contribution in [0.2, 0.25) is 0 Å². The van der Waals surface area contributed by atoms with Crippen molar-refractivity contribution in [2.75, 3.05) is 31.1 Å². The summed E-state index contributed by atoms with van der Waals surface area (Å²) in [5.74, 6) is -0.669. The normalized spacial score (nSPS) is 15.8. The van der Waals surface area contributed by atoms with Crippen molar-refractivity contribution in [2.45, 2.75) is 45.6 Å². The third-order valence-corrected chi connectivity index (χ3v) is 5.11. The molecule has 2 rings (SSSR count). The van der Waals surface area contributed by atoms with Crippen LogP contribution in [-0.2, 0) is 27.3 Å². The molecular weight excluding hydrogens is 373 g/mol. The zero-order valence-corrected chi connectivity index (χ0v) is 17.1. The molecule has 0 atom stereocenters. The number of piperazine rings is 1. The molecule has 1 heterocycles. The molecule has 1 fully saturated rings. The van der Waals surface area contributed by atoms with Crippen molar-refractivity contribution in [1.82, 2.24) is 4.90 Å². The van der Waals surface area contributed by atoms with Gasteiger partial charge in [0, 0.05) is 38.4 Å². The molecule has 1 aromatic rings. The maximum Gasteiger partial charge on any atom is 0.410 e. The topological polar surface area (TPSA) is 92.9 Å². The first-order valence-corrected chi connectivity index (χ1v) is 10.4. The second kappa shape index (κ2) is 8.02. The molecule has 1 aromatic carbocycles. The first-order valence-electron chi connectivity index (χ1n) is 8.87. The maximum absolute atomic E-state index is 13.2. The number of carbonyl (C=O) groups excluding carboxylic acids is 1. The van der Waals surface area contributed by atoms with Crippen LogP contribution in [0.1, 0.15) is 37.5 Å². The molecule has 0 saturated carbocycles. The van der Waals surface area contributed by atoms with E-state index in [1.807, 2.05) is 31.7 Å². The Balaban J connectivity index is 2.15. The van der Waals surface area contributed by atoms with E-state index in [4.69, 9.17) is 10.5 Å². The van der Waals surface area contributed by atoms with Gasteiger partial charge in [-0.2, -0.15) is 8.42 Å². The Bertz CT molecular complexity index is 798. The summed E-state index contributed by atoms with van der Waals surface area (Å²) in [7, 11) is -4.64. The molecule has 0 aliphatic carbocycles. The molecule has 1 saturated heterocycles. The van der Waals surface area contributed by atoms with Crippen LogP contribution in [0.3, 0.4) is 0 Å². The molecule has 152 valence electrons. The van der Waals surface area contributed by atoms with Crippen LogP contribution in [0.15, 0.2) is 12.1 Å². The summed E-state index contributed by atoms with van der Waals surface area (Å²) in [6, 6.07) is 3.58. The lowest BCUT2D eigenvalue weighted by Crippen LogP contribution is -2.50. The SMILES string of the molecule is Cc1c(CN)cc(N2CCN(C(=O)OC(C)(C)C)CC2)cc1CS(=O)(=O)F. The van der Waals surface area contributed by atoms with Gasteiger partial charge in [-0.25, -0.2) is 4.79 Å². The van der Waals surface area contributed by atoms with Gasteiger partial charge in [-0.3, -0.25) is 0 Å². The van der Waals surface area contributed by atoms with Crippen molar-refractivity contribution in [1.29, 1.82) is 0 Å². The number of carbonyl (C=O) groups is 1. The van der Waals surface area contributed by atoms with Gasteiger partial charge in [-0.15, -0.1) is 3.89 Å². The van der Waals surface area contributed by atoms with Crippen LogP contribution >= 0.6 is 0 Å². The lowest BCUT2D eigenvalue weighted by molar-refractivity contribution is 0.0240. The van der Waals surface area contributed by atoms with Crippen LogP contribution in [0.25, 0.3) is 0 Å². The van der Waals surface area contributed by atoms with Gasteiger partial charge in [0.15, 0.2) is 0 Å². The van der Waals surface area contributed by atoms with Gasteiger partial charge in [0.2, 0.25) is 0 Å². The van der Waals surface area contributed by atoms with E-state index >= 15 is 0 Å². The molecule has 0 radical (unpaired) electrons. The predicted octanol–water partition coefficient (Wildman–Crippen LogP) is 2.31. The van der Waals surface area contributed by atoms with Crippen molar-refractivity contribution in [3.8, 4) is 0 Å². The molecule has 2 N–H and O–H groups in total. The summed E-state index contributed by atoms with van der Waals surface area (Å²) in [5, 5.41) is 0. The Morgan fingerprint density at radius 1 is 1.19 bits per heavy atom. The Kier molecular flexibility index (Phi) is 6.36. The highest BCUT2D eigenvalue weighted by molar-refractivity contribution is 7.85. The highest BCUT2D eigenvalue weighted by Crippen LogP contribution is 2.26. The fourth-order valence-corrected chi connectivity index (χ4v) is 3.70. The summed E-state index contributed by atoms with van der Waals surface area (Å²) >= 11 is 0. The third kappa shape index (κ3) is 6.07. The Hall–Kier alpha value is -1.87. The Labute approximate surface area is 160 Å². The number of halogens is 1. The molecule has 0 spiro atoms. The van der Waals surface area contributed by atoms with Crippen LogP contribution in [0.4, 0.5) is 14.4 Å². The maximum atomic E-state index is 13.2. The van der Waals surface area contributed by atoms with Gasteiger partial charge in [0.25, 0.3) is 0 Å². The number of nitrogens with two attached hydrogens (primary N) is 1. The number of anilines is 1. The van der Waals surface area contributed by atoms with Gasteiger partial charge in [0.05, 0.1) is 0 Å². The number of ether oxygens (including phenoxy) is 1. The minimum absolute atomic E-state index is 0.233. The number of hydrogen-bond donors (Lipinski definition) is 1. The second-order valence-electron chi connectivity index (χ2n) is 7.73. The molecule has 1 aliphatic heterocycles. The van der Waals surface area contributed by atoms with Crippen molar-refractivity contribution < 1.29 is 21.8 Å². The summed E-state index contributed by atoms with van der Waals surface area (Å²) in [5.41, 5.74) is 7.88. The van der Waals surface area contributed by atoms with E-state index in [2.05, 4.69) is 0 Å². The minimum atomic E-state index is -4.64. The van der Waals surface area contributed by atoms with E-state index in [-0.39, 0.29) is 12.6 Å². The van der Waals surface area contributed by atoms with E-state index in [0.29, 0.717) is 37.3 Å². The van der Waals surface area contributed by atoms with Crippen molar-refractivity contribution >= 4 is 22.0 Å². The molecule has 0 unspecified atom stereocenters. The van der Waals surface area contributed by atoms with Crippen LogP contribution in [-0.4, -0.2) is 51.2 Å². The molecule has 0 aromatic heterocycles. The van der Waals surface area contributed by atoms with E-state index in [0.717, 1.165) is 11.3 Å². The highest BCUT2D eigenvalue weighted by atomic mass is 32.3. The van der Waals surface area contributed by atoms with Crippen molar-refractivity contribution in [2.24, 2.45) is 5.73 Å². The lowest BCUT2D eigenvalue weighted by Gasteiger charge is -2.37. The standard InChI is InChI=1S/C18H28FN3O4S/c1-13-14(11-20)9-16(10-15(13)12-27(19,24)25)21-5-7-22(8-6-21)17(23)26-18(2,3)4/h9-10H,5-8,11-12,20H2,1-4H3. The second-order valence-corrected chi connectivity index (χ2v) is 9.10. The van der Waals surface area contributed by atoms with Gasteiger partial charge in [-0.1, -0.05) is 0 Å². The molecular formula is C18H28FN3O4S. The first-order chi connectivity index (χ1) is 12.4. The fourth-order valence-electron chi connectivity index (χ4n) is 3.03. The monoisotopic (exact) mass is 401 g/mol. The molecule has 0 bridgehead atoms. The van der Waals surface area contributed by atoms with E-state index in [1.165, 1.54) is 0 Å². The van der Waals surface area contributed by atoms with Crippen molar-refractivity contribution in [3.63, 3.8) is 0 Å². The smallest absolute Gasteiger partial charge is 0.410 e. The van der Waals surface area contributed by atoms with Crippen LogP contribution in [0.5, 0.6) is 0 Å². The zero-order chi connectivity index (χ0) is 20.4. The van der Waals surface area contributed by atoms with Gasteiger partial charge in [-0.05, 0) is 56.5 Å². The first kappa shape index (κ1) is 21.4. The quantitative estimate of drug-likeness (QED) is 0.779. The summed E-state index contributed by atoms with van der Waals surface area (Å²) in [4.78, 5) is 15.9. The predicted molar refractivity (Wildman–Crippen MR) is 103 cm³/mol. The Morgan fingerprint density at radius 3 is 2.22 bits per heavy atom. The number of nitrogens with zero attached hydrogens (tertiary/aromatic N) is 2. The summed E-state index contributed by atoms with van der Waals surface area (Å²) < 4.78 is 40.8. The van der Waals surface area contributed by atoms with E-state index < -0.39 is 21.6 Å². The van der Waals surface area contributed by atoms with E-state index in [9.17, 15) is 17.1 Å².